The molecule has 0 spiro atoms. The lowest BCUT2D eigenvalue weighted by molar-refractivity contribution is 0.253. The molecule has 2 heterocycles. The lowest BCUT2D eigenvalue weighted by Gasteiger charge is -2.36. The van der Waals surface area contributed by atoms with Crippen LogP contribution in [0.15, 0.2) is 41.5 Å². The summed E-state index contributed by atoms with van der Waals surface area (Å²) in [6, 6.07) is 10.8. The summed E-state index contributed by atoms with van der Waals surface area (Å²) < 4.78 is 0. The van der Waals surface area contributed by atoms with Crippen LogP contribution in [-0.4, -0.2) is 61.7 Å². The molecule has 2 N–H and O–H groups in total. The molecule has 2 aromatic rings. The van der Waals surface area contributed by atoms with Gasteiger partial charge in [0, 0.05) is 56.0 Å². The molecular weight excluding hydrogens is 519 g/mol. The number of hydrogen-bond acceptors (Lipinski definition) is 5. The number of rotatable bonds is 10. The number of nitrogens with zero attached hydrogens (tertiary/aromatic N) is 4. The zero-order chi connectivity index (χ0) is 21.0. The summed E-state index contributed by atoms with van der Waals surface area (Å²) in [5.74, 6) is 0.891. The molecule has 31 heavy (non-hydrogen) atoms. The molecule has 0 aliphatic carbocycles. The topological polar surface area (TPSA) is 55.8 Å². The Morgan fingerprint density at radius 2 is 1.84 bits per heavy atom. The van der Waals surface area contributed by atoms with Crippen molar-refractivity contribution in [3.63, 3.8) is 0 Å². The highest BCUT2D eigenvalue weighted by Gasteiger charge is 2.16. The van der Waals surface area contributed by atoms with Gasteiger partial charge in [-0.3, -0.25) is 4.90 Å². The first-order chi connectivity index (χ1) is 14.8. The third-order valence-corrected chi connectivity index (χ3v) is 6.48. The smallest absolute Gasteiger partial charge is 0.191 e. The van der Waals surface area contributed by atoms with E-state index in [0.717, 1.165) is 63.1 Å². The summed E-state index contributed by atoms with van der Waals surface area (Å²) >= 11 is 1.76. The van der Waals surface area contributed by atoms with Crippen molar-refractivity contribution < 1.29 is 0 Å². The van der Waals surface area contributed by atoms with E-state index in [4.69, 9.17) is 0 Å². The molecule has 0 bridgehead atoms. The molecule has 1 aliphatic rings. The molecule has 6 nitrogen and oxygen atoms in total. The Balaban J connectivity index is 0.00000341. The molecule has 0 saturated carbocycles. The molecule has 8 heteroatoms. The van der Waals surface area contributed by atoms with Crippen LogP contribution in [0, 0.1) is 0 Å². The molecule has 1 aromatic heterocycles. The highest BCUT2D eigenvalue weighted by molar-refractivity contribution is 14.0. The Morgan fingerprint density at radius 1 is 1.06 bits per heavy atom. The minimum atomic E-state index is 0. The number of aromatic nitrogens is 1. The van der Waals surface area contributed by atoms with Gasteiger partial charge >= 0.3 is 0 Å². The van der Waals surface area contributed by atoms with Crippen LogP contribution in [0.5, 0.6) is 0 Å². The second kappa shape index (κ2) is 14.6. The first kappa shape index (κ1) is 25.9. The molecule has 0 amide bonds. The standard InChI is InChI=1S/C23H36N6S.HI/c1-3-21-18-26-22(30-21)19-27-23(24-4-2)25-12-8-9-13-28-14-16-29(17-15-28)20-10-6-5-7-11-20;/h5-7,10-11,18H,3-4,8-9,12-17,19H2,1-2H3,(H2,24,25,27);1H. The molecule has 1 saturated heterocycles. The fraction of sp³-hybridized carbons (Fsp3) is 0.565. The molecule has 0 unspecified atom stereocenters. The predicted molar refractivity (Wildman–Crippen MR) is 144 cm³/mol. The van der Waals surface area contributed by atoms with Gasteiger partial charge in [0.05, 0.1) is 6.54 Å². The average Bonchev–Trinajstić information content (AvgIpc) is 3.26. The summed E-state index contributed by atoms with van der Waals surface area (Å²) in [6.45, 7) is 12.5. The Bertz CT molecular complexity index is 758. The van der Waals surface area contributed by atoms with Crippen LogP contribution in [-0.2, 0) is 13.0 Å². The number of aliphatic imine (C=N–C) groups is 1. The fourth-order valence-electron chi connectivity index (χ4n) is 3.61. The first-order valence-electron chi connectivity index (χ1n) is 11.3. The number of benzene rings is 1. The summed E-state index contributed by atoms with van der Waals surface area (Å²) in [7, 11) is 0. The Hall–Kier alpha value is -1.39. The largest absolute Gasteiger partial charge is 0.369 e. The van der Waals surface area contributed by atoms with Gasteiger partial charge in [-0.2, -0.15) is 0 Å². The minimum Gasteiger partial charge on any atom is -0.369 e. The fourth-order valence-corrected chi connectivity index (χ4v) is 4.40. The number of aryl methyl sites for hydroxylation is 1. The highest BCUT2D eigenvalue weighted by atomic mass is 127. The third kappa shape index (κ3) is 8.94. The normalized spacial score (nSPS) is 14.9. The number of anilines is 1. The number of guanidine groups is 1. The molecule has 1 aromatic carbocycles. The van der Waals surface area contributed by atoms with Crippen LogP contribution in [0.1, 0.15) is 36.6 Å². The van der Waals surface area contributed by atoms with E-state index in [1.807, 2.05) is 6.20 Å². The van der Waals surface area contributed by atoms with Gasteiger partial charge in [0.25, 0.3) is 0 Å². The Labute approximate surface area is 208 Å². The summed E-state index contributed by atoms with van der Waals surface area (Å²) in [5.41, 5.74) is 1.35. The number of unbranched alkanes of at least 4 members (excludes halogenated alkanes) is 1. The van der Waals surface area contributed by atoms with Crippen LogP contribution in [0.3, 0.4) is 0 Å². The van der Waals surface area contributed by atoms with Crippen molar-refractivity contribution in [2.75, 3.05) is 50.7 Å². The molecule has 1 aliphatic heterocycles. The Morgan fingerprint density at radius 3 is 2.52 bits per heavy atom. The average molecular weight is 557 g/mol. The van der Waals surface area contributed by atoms with Crippen molar-refractivity contribution in [3.05, 3.63) is 46.4 Å². The van der Waals surface area contributed by atoms with Crippen LogP contribution in [0.4, 0.5) is 5.69 Å². The summed E-state index contributed by atoms with van der Waals surface area (Å²) in [5, 5.41) is 7.88. The van der Waals surface area contributed by atoms with Gasteiger partial charge in [-0.15, -0.1) is 35.3 Å². The molecule has 1 fully saturated rings. The molecule has 0 radical (unpaired) electrons. The van der Waals surface area contributed by atoms with E-state index in [0.29, 0.717) is 6.54 Å². The van der Waals surface area contributed by atoms with E-state index in [-0.39, 0.29) is 24.0 Å². The third-order valence-electron chi connectivity index (χ3n) is 5.35. The van der Waals surface area contributed by atoms with Gasteiger partial charge in [0.2, 0.25) is 0 Å². The quantitative estimate of drug-likeness (QED) is 0.201. The number of thiazole rings is 1. The number of hydrogen-bond donors (Lipinski definition) is 2. The van der Waals surface area contributed by atoms with Crippen molar-refractivity contribution in [2.45, 2.75) is 39.7 Å². The zero-order valence-electron chi connectivity index (χ0n) is 18.8. The Kier molecular flexibility index (Phi) is 12.2. The summed E-state index contributed by atoms with van der Waals surface area (Å²) in [6.07, 6.45) is 5.38. The maximum atomic E-state index is 4.68. The van der Waals surface area contributed by atoms with E-state index in [1.54, 1.807) is 11.3 Å². The van der Waals surface area contributed by atoms with E-state index >= 15 is 0 Å². The number of piperazine rings is 1. The van der Waals surface area contributed by atoms with Crippen molar-refractivity contribution >= 4 is 47.0 Å². The summed E-state index contributed by atoms with van der Waals surface area (Å²) in [4.78, 5) is 15.5. The molecule has 3 rings (SSSR count). The SMILES string of the molecule is CCNC(=NCc1ncc(CC)s1)NCCCCN1CCN(c2ccccc2)CC1.I. The lowest BCUT2D eigenvalue weighted by Crippen LogP contribution is -2.46. The molecular formula is C23H37IN6S. The van der Waals surface area contributed by atoms with Crippen molar-refractivity contribution in [3.8, 4) is 0 Å². The monoisotopic (exact) mass is 556 g/mol. The lowest BCUT2D eigenvalue weighted by atomic mass is 10.2. The second-order valence-electron chi connectivity index (χ2n) is 7.57. The van der Waals surface area contributed by atoms with Gasteiger partial charge in [-0.05, 0) is 44.9 Å². The van der Waals surface area contributed by atoms with Gasteiger partial charge < -0.3 is 15.5 Å². The van der Waals surface area contributed by atoms with E-state index in [1.165, 1.54) is 23.5 Å². The molecule has 0 atom stereocenters. The van der Waals surface area contributed by atoms with Crippen LogP contribution < -0.4 is 15.5 Å². The van der Waals surface area contributed by atoms with Gasteiger partial charge in [0.1, 0.15) is 5.01 Å². The van der Waals surface area contributed by atoms with E-state index in [2.05, 4.69) is 74.6 Å². The van der Waals surface area contributed by atoms with Crippen molar-refractivity contribution in [1.82, 2.24) is 20.5 Å². The van der Waals surface area contributed by atoms with Gasteiger partial charge in [-0.1, -0.05) is 25.1 Å². The highest BCUT2D eigenvalue weighted by Crippen LogP contribution is 2.16. The maximum Gasteiger partial charge on any atom is 0.191 e. The second-order valence-corrected chi connectivity index (χ2v) is 8.77. The number of halogens is 1. The predicted octanol–water partition coefficient (Wildman–Crippen LogP) is 3.98. The van der Waals surface area contributed by atoms with Crippen molar-refractivity contribution in [2.24, 2.45) is 4.99 Å². The van der Waals surface area contributed by atoms with Crippen LogP contribution in [0.2, 0.25) is 0 Å². The van der Waals surface area contributed by atoms with Crippen LogP contribution >= 0.6 is 35.3 Å². The maximum absolute atomic E-state index is 4.68. The van der Waals surface area contributed by atoms with E-state index < -0.39 is 0 Å². The van der Waals surface area contributed by atoms with Crippen molar-refractivity contribution in [1.29, 1.82) is 0 Å². The van der Waals surface area contributed by atoms with Crippen LogP contribution in [0.25, 0.3) is 0 Å². The molecule has 172 valence electrons. The van der Waals surface area contributed by atoms with E-state index in [9.17, 15) is 0 Å². The number of nitrogens with one attached hydrogen (secondary N) is 2. The number of para-hydroxylation sites is 1. The van der Waals surface area contributed by atoms with Gasteiger partial charge in [-0.25, -0.2) is 9.98 Å². The first-order valence-corrected chi connectivity index (χ1v) is 12.1. The van der Waals surface area contributed by atoms with Gasteiger partial charge in [0.15, 0.2) is 5.96 Å². The zero-order valence-corrected chi connectivity index (χ0v) is 22.0. The minimum absolute atomic E-state index is 0.